The molecule has 1 saturated heterocycles. The van der Waals surface area contributed by atoms with Gasteiger partial charge >= 0.3 is 0 Å². The number of likely N-dealkylation sites (tertiary alicyclic amines) is 1. The highest BCUT2D eigenvalue weighted by Gasteiger charge is 2.36. The molecule has 104 valence electrons. The third-order valence-electron chi connectivity index (χ3n) is 4.27. The zero-order chi connectivity index (χ0) is 14.0. The molecule has 2 rings (SSSR count). The zero-order valence-corrected chi connectivity index (χ0v) is 12.1. The van der Waals surface area contributed by atoms with Crippen LogP contribution in [0.5, 0.6) is 0 Å². The normalized spacial score (nSPS) is 24.5. The number of carbonyl (C=O) groups is 1. The molecular weight excluding hydrogens is 236 g/mol. The Balaban J connectivity index is 2.08. The molecule has 1 aliphatic heterocycles. The van der Waals surface area contributed by atoms with Gasteiger partial charge in [0.05, 0.1) is 5.92 Å². The molecule has 1 fully saturated rings. The summed E-state index contributed by atoms with van der Waals surface area (Å²) in [5.74, 6) is 0.155. The van der Waals surface area contributed by atoms with Crippen molar-refractivity contribution in [2.24, 2.45) is 11.1 Å². The Morgan fingerprint density at radius 2 is 2.26 bits per heavy atom. The summed E-state index contributed by atoms with van der Waals surface area (Å²) in [5, 5.41) is 0. The molecule has 1 amide bonds. The van der Waals surface area contributed by atoms with E-state index in [1.807, 2.05) is 24.0 Å². The van der Waals surface area contributed by atoms with Crippen molar-refractivity contribution < 1.29 is 4.79 Å². The van der Waals surface area contributed by atoms with Crippen LogP contribution >= 0.6 is 0 Å². The van der Waals surface area contributed by atoms with Crippen molar-refractivity contribution in [3.05, 3.63) is 35.4 Å². The third-order valence-corrected chi connectivity index (χ3v) is 4.27. The van der Waals surface area contributed by atoms with Crippen molar-refractivity contribution in [1.29, 1.82) is 0 Å². The lowest BCUT2D eigenvalue weighted by Crippen LogP contribution is -2.36. The number of amides is 1. The van der Waals surface area contributed by atoms with E-state index in [-0.39, 0.29) is 17.2 Å². The first kappa shape index (κ1) is 14.1. The van der Waals surface area contributed by atoms with E-state index in [2.05, 4.69) is 26.0 Å². The number of hydrogen-bond acceptors (Lipinski definition) is 2. The van der Waals surface area contributed by atoms with E-state index in [1.54, 1.807) is 0 Å². The molecule has 3 nitrogen and oxygen atoms in total. The first-order chi connectivity index (χ1) is 8.95. The van der Waals surface area contributed by atoms with Gasteiger partial charge in [0.25, 0.3) is 0 Å². The van der Waals surface area contributed by atoms with E-state index in [0.29, 0.717) is 6.54 Å². The SMILES string of the molecule is Cc1cccc(C(C)C(=O)N2CCC(C)(CN)C2)c1. The number of rotatable bonds is 3. The summed E-state index contributed by atoms with van der Waals surface area (Å²) in [5.41, 5.74) is 8.20. The summed E-state index contributed by atoms with van der Waals surface area (Å²) in [6.07, 6.45) is 1.01. The fraction of sp³-hybridized carbons (Fsp3) is 0.562. The minimum atomic E-state index is -0.0694. The lowest BCUT2D eigenvalue weighted by molar-refractivity contribution is -0.131. The minimum Gasteiger partial charge on any atom is -0.342 e. The number of nitrogens with two attached hydrogens (primary N) is 1. The highest BCUT2D eigenvalue weighted by Crippen LogP contribution is 2.31. The van der Waals surface area contributed by atoms with Crippen molar-refractivity contribution in [1.82, 2.24) is 4.90 Å². The van der Waals surface area contributed by atoms with Gasteiger partial charge in [-0.25, -0.2) is 0 Å². The van der Waals surface area contributed by atoms with Crippen LogP contribution in [0.3, 0.4) is 0 Å². The quantitative estimate of drug-likeness (QED) is 0.906. The predicted molar refractivity (Wildman–Crippen MR) is 78.0 cm³/mol. The maximum absolute atomic E-state index is 12.5. The summed E-state index contributed by atoms with van der Waals surface area (Å²) in [6.45, 7) is 8.49. The summed E-state index contributed by atoms with van der Waals surface area (Å²) >= 11 is 0. The van der Waals surface area contributed by atoms with Gasteiger partial charge in [-0.2, -0.15) is 0 Å². The second-order valence-corrected chi connectivity index (χ2v) is 6.16. The van der Waals surface area contributed by atoms with Gasteiger partial charge in [0.2, 0.25) is 5.91 Å². The van der Waals surface area contributed by atoms with Gasteiger partial charge in [-0.1, -0.05) is 36.8 Å². The molecule has 1 aliphatic rings. The zero-order valence-electron chi connectivity index (χ0n) is 12.1. The molecule has 2 atom stereocenters. The van der Waals surface area contributed by atoms with Gasteiger partial charge in [0.15, 0.2) is 0 Å². The molecule has 0 spiro atoms. The van der Waals surface area contributed by atoms with E-state index < -0.39 is 0 Å². The van der Waals surface area contributed by atoms with Crippen molar-refractivity contribution >= 4 is 5.91 Å². The van der Waals surface area contributed by atoms with Gasteiger partial charge in [0.1, 0.15) is 0 Å². The molecule has 0 radical (unpaired) electrons. The van der Waals surface area contributed by atoms with Crippen LogP contribution in [0.25, 0.3) is 0 Å². The largest absolute Gasteiger partial charge is 0.342 e. The van der Waals surface area contributed by atoms with E-state index in [0.717, 1.165) is 25.1 Å². The molecule has 0 bridgehead atoms. The lowest BCUT2D eigenvalue weighted by atomic mass is 9.90. The molecule has 0 aliphatic carbocycles. The van der Waals surface area contributed by atoms with Crippen LogP contribution < -0.4 is 5.73 Å². The standard InChI is InChI=1S/C16H24N2O/c1-12-5-4-6-14(9-12)13(2)15(19)18-8-7-16(3,10-17)11-18/h4-6,9,13H,7-8,10-11,17H2,1-3H3. The molecule has 0 aromatic heterocycles. The Morgan fingerprint density at radius 1 is 1.53 bits per heavy atom. The van der Waals surface area contributed by atoms with Crippen molar-refractivity contribution in [3.8, 4) is 0 Å². The highest BCUT2D eigenvalue weighted by molar-refractivity contribution is 5.83. The topological polar surface area (TPSA) is 46.3 Å². The molecule has 2 unspecified atom stereocenters. The Labute approximate surface area is 115 Å². The van der Waals surface area contributed by atoms with Crippen LogP contribution in [0.1, 0.15) is 37.3 Å². The number of nitrogens with zero attached hydrogens (tertiary/aromatic N) is 1. The fourth-order valence-corrected chi connectivity index (χ4v) is 2.73. The van der Waals surface area contributed by atoms with Crippen molar-refractivity contribution in [3.63, 3.8) is 0 Å². The van der Waals surface area contributed by atoms with Gasteiger partial charge in [0, 0.05) is 13.1 Å². The molecule has 1 aromatic carbocycles. The van der Waals surface area contributed by atoms with Crippen LogP contribution in [-0.2, 0) is 4.79 Å². The van der Waals surface area contributed by atoms with E-state index in [4.69, 9.17) is 5.73 Å². The highest BCUT2D eigenvalue weighted by atomic mass is 16.2. The molecule has 1 heterocycles. The van der Waals surface area contributed by atoms with Crippen LogP contribution in [0.15, 0.2) is 24.3 Å². The van der Waals surface area contributed by atoms with Gasteiger partial charge in [-0.05, 0) is 37.8 Å². The Bertz CT molecular complexity index is 472. The molecule has 3 heteroatoms. The summed E-state index contributed by atoms with van der Waals surface area (Å²) in [4.78, 5) is 14.5. The van der Waals surface area contributed by atoms with Crippen LogP contribution in [0, 0.1) is 12.3 Å². The summed E-state index contributed by atoms with van der Waals surface area (Å²) < 4.78 is 0. The smallest absolute Gasteiger partial charge is 0.229 e. The second kappa shape index (κ2) is 5.33. The van der Waals surface area contributed by atoms with E-state index >= 15 is 0 Å². The lowest BCUT2D eigenvalue weighted by Gasteiger charge is -2.25. The fourth-order valence-electron chi connectivity index (χ4n) is 2.73. The molecule has 1 aromatic rings. The Kier molecular flexibility index (Phi) is 3.95. The molecule has 0 saturated carbocycles. The monoisotopic (exact) mass is 260 g/mol. The van der Waals surface area contributed by atoms with Gasteiger partial charge in [-0.3, -0.25) is 4.79 Å². The average molecular weight is 260 g/mol. The van der Waals surface area contributed by atoms with Crippen LogP contribution in [0.2, 0.25) is 0 Å². The molecule has 19 heavy (non-hydrogen) atoms. The van der Waals surface area contributed by atoms with Crippen molar-refractivity contribution in [2.45, 2.75) is 33.1 Å². The summed E-state index contributed by atoms with van der Waals surface area (Å²) in [6, 6.07) is 8.21. The maximum Gasteiger partial charge on any atom is 0.229 e. The first-order valence-electron chi connectivity index (χ1n) is 7.01. The number of aryl methyl sites for hydroxylation is 1. The Hall–Kier alpha value is -1.35. The molecule has 2 N–H and O–H groups in total. The summed E-state index contributed by atoms with van der Waals surface area (Å²) in [7, 11) is 0. The number of hydrogen-bond donors (Lipinski definition) is 1. The predicted octanol–water partition coefficient (Wildman–Crippen LogP) is 2.30. The first-order valence-corrected chi connectivity index (χ1v) is 7.01. The van der Waals surface area contributed by atoms with Gasteiger partial charge in [-0.15, -0.1) is 0 Å². The third kappa shape index (κ3) is 2.98. The Morgan fingerprint density at radius 3 is 2.84 bits per heavy atom. The molecular formula is C16H24N2O. The maximum atomic E-state index is 12.5. The van der Waals surface area contributed by atoms with Crippen molar-refractivity contribution in [2.75, 3.05) is 19.6 Å². The van der Waals surface area contributed by atoms with Crippen LogP contribution in [-0.4, -0.2) is 30.4 Å². The minimum absolute atomic E-state index is 0.0694. The van der Waals surface area contributed by atoms with Gasteiger partial charge < -0.3 is 10.6 Å². The van der Waals surface area contributed by atoms with Crippen LogP contribution in [0.4, 0.5) is 0 Å². The second-order valence-electron chi connectivity index (χ2n) is 6.16. The van der Waals surface area contributed by atoms with E-state index in [9.17, 15) is 4.79 Å². The average Bonchev–Trinajstić information content (AvgIpc) is 2.80. The van der Waals surface area contributed by atoms with E-state index in [1.165, 1.54) is 5.56 Å². The number of benzene rings is 1. The number of carbonyl (C=O) groups excluding carboxylic acids is 1.